The van der Waals surface area contributed by atoms with Crippen LogP contribution in [0.4, 0.5) is 9.39 Å². The fourth-order valence-electron chi connectivity index (χ4n) is 4.82. The lowest BCUT2D eigenvalue weighted by Gasteiger charge is -2.34. The maximum atomic E-state index is 15.9. The molecule has 0 bridgehead atoms. The van der Waals surface area contributed by atoms with Gasteiger partial charge in [0, 0.05) is 49.7 Å². The molecular weight excluding hydrogens is 523 g/mol. The van der Waals surface area contributed by atoms with Crippen LogP contribution in [0.25, 0.3) is 28.1 Å². The number of phenolic OH excluding ortho intramolecular Hbond substituents is 1. The van der Waals surface area contributed by atoms with Crippen LogP contribution in [0.2, 0.25) is 5.02 Å². The Morgan fingerprint density at radius 3 is 2.66 bits per heavy atom. The Labute approximate surface area is 232 Å². The summed E-state index contributed by atoms with van der Waals surface area (Å²) >= 11 is 7.94. The zero-order valence-corrected chi connectivity index (χ0v) is 23.9. The molecule has 2 aromatic carbocycles. The number of likely N-dealkylation sites (N-methyl/N-ethyl adjacent to an activating group) is 1. The minimum Gasteiger partial charge on any atom is -0.508 e. The standard InChI is InChI=1S/C27H28ClFN4O2S.C2H6/c1-31(2)9-5-8-23(35)32-10-12-33(13-11-32)27-21-16-22(28)24(25(29)26(21)30-36-27)20-15-18(34)14-17-6-3-4-7-19(17)20;1-2/h4-5,7-8,14-16,34H,3,6,9-13H2,1-2H3;1-2H3/b8-5+;. The number of amides is 1. The van der Waals surface area contributed by atoms with Crippen LogP contribution in [0, 0.1) is 5.82 Å². The number of anilines is 1. The van der Waals surface area contributed by atoms with Crippen molar-refractivity contribution in [3.63, 3.8) is 0 Å². The van der Waals surface area contributed by atoms with E-state index >= 15 is 4.39 Å². The molecule has 3 aromatic rings. The molecule has 202 valence electrons. The van der Waals surface area contributed by atoms with E-state index in [0.29, 0.717) is 43.7 Å². The molecule has 2 aliphatic rings. The molecule has 1 saturated heterocycles. The number of halogens is 2. The Bertz CT molecular complexity index is 1380. The number of hydrogen-bond donors (Lipinski definition) is 1. The molecular formula is C29H34ClFN4O2S. The second-order valence-electron chi connectivity index (χ2n) is 9.42. The third kappa shape index (κ3) is 5.72. The van der Waals surface area contributed by atoms with E-state index in [4.69, 9.17) is 11.6 Å². The number of nitrogens with zero attached hydrogens (tertiary/aromatic N) is 4. The average molecular weight is 557 g/mol. The summed E-state index contributed by atoms with van der Waals surface area (Å²) in [4.78, 5) is 18.4. The Kier molecular flexibility index (Phi) is 9.07. The van der Waals surface area contributed by atoms with Crippen LogP contribution in [0.5, 0.6) is 5.75 Å². The lowest BCUT2D eigenvalue weighted by atomic mass is 9.89. The van der Waals surface area contributed by atoms with Crippen molar-refractivity contribution in [2.45, 2.75) is 26.7 Å². The summed E-state index contributed by atoms with van der Waals surface area (Å²) in [6, 6.07) is 5.08. The highest BCUT2D eigenvalue weighted by Gasteiger charge is 2.26. The van der Waals surface area contributed by atoms with Crippen LogP contribution in [0.3, 0.4) is 0 Å². The van der Waals surface area contributed by atoms with Crippen molar-refractivity contribution in [1.29, 1.82) is 0 Å². The highest BCUT2D eigenvalue weighted by atomic mass is 35.5. The summed E-state index contributed by atoms with van der Waals surface area (Å²) in [7, 11) is 3.92. The lowest BCUT2D eigenvalue weighted by Crippen LogP contribution is -2.48. The summed E-state index contributed by atoms with van der Waals surface area (Å²) in [5.74, 6) is -0.378. The van der Waals surface area contributed by atoms with Gasteiger partial charge < -0.3 is 19.8 Å². The number of carbonyl (C=O) groups is 1. The summed E-state index contributed by atoms with van der Waals surface area (Å²) in [5.41, 5.74) is 2.98. The molecule has 1 aliphatic carbocycles. The van der Waals surface area contributed by atoms with Crippen molar-refractivity contribution < 1.29 is 14.3 Å². The molecule has 38 heavy (non-hydrogen) atoms. The van der Waals surface area contributed by atoms with Gasteiger partial charge in [-0.15, -0.1) is 0 Å². The number of rotatable bonds is 5. The molecule has 9 heteroatoms. The molecule has 1 N–H and O–H groups in total. The Balaban J connectivity index is 0.00000164. The summed E-state index contributed by atoms with van der Waals surface area (Å²) in [5, 5.41) is 12.1. The molecule has 2 heterocycles. The number of aryl methyl sites for hydroxylation is 1. The first-order valence-corrected chi connectivity index (χ1v) is 14.1. The second-order valence-corrected chi connectivity index (χ2v) is 10.6. The normalized spacial score (nSPS) is 15.2. The van der Waals surface area contributed by atoms with Gasteiger partial charge in [-0.05, 0) is 73.4 Å². The van der Waals surface area contributed by atoms with Gasteiger partial charge in [0.2, 0.25) is 5.91 Å². The van der Waals surface area contributed by atoms with Gasteiger partial charge in [-0.3, -0.25) is 4.79 Å². The largest absolute Gasteiger partial charge is 0.508 e. The van der Waals surface area contributed by atoms with E-state index in [1.165, 1.54) is 11.5 Å². The molecule has 0 atom stereocenters. The summed E-state index contributed by atoms with van der Waals surface area (Å²) < 4.78 is 20.4. The van der Waals surface area contributed by atoms with Crippen molar-refractivity contribution in [2.24, 2.45) is 0 Å². The van der Waals surface area contributed by atoms with Gasteiger partial charge >= 0.3 is 0 Å². The molecule has 1 aliphatic heterocycles. The maximum Gasteiger partial charge on any atom is 0.246 e. The van der Waals surface area contributed by atoms with E-state index < -0.39 is 5.82 Å². The van der Waals surface area contributed by atoms with E-state index in [1.807, 2.05) is 49.9 Å². The fraction of sp³-hybridized carbons (Fsp3) is 0.379. The van der Waals surface area contributed by atoms with Gasteiger partial charge in [-0.2, -0.15) is 4.37 Å². The molecule has 1 aromatic heterocycles. The second kappa shape index (κ2) is 12.3. The molecule has 5 rings (SSSR count). The van der Waals surface area contributed by atoms with Gasteiger partial charge in [-0.25, -0.2) is 4.39 Å². The van der Waals surface area contributed by atoms with E-state index in [0.717, 1.165) is 29.0 Å². The molecule has 1 fully saturated rings. The van der Waals surface area contributed by atoms with Crippen molar-refractivity contribution in [2.75, 3.05) is 51.7 Å². The van der Waals surface area contributed by atoms with Gasteiger partial charge in [0.05, 0.1) is 5.02 Å². The van der Waals surface area contributed by atoms with Gasteiger partial charge in [-0.1, -0.05) is 43.7 Å². The fourth-order valence-corrected chi connectivity index (χ4v) is 6.02. The predicted molar refractivity (Wildman–Crippen MR) is 157 cm³/mol. The zero-order chi connectivity index (χ0) is 27.4. The van der Waals surface area contributed by atoms with E-state index in [1.54, 1.807) is 24.3 Å². The zero-order valence-electron chi connectivity index (χ0n) is 22.3. The lowest BCUT2D eigenvalue weighted by molar-refractivity contribution is -0.126. The smallest absolute Gasteiger partial charge is 0.246 e. The Morgan fingerprint density at radius 1 is 1.21 bits per heavy atom. The highest BCUT2D eigenvalue weighted by molar-refractivity contribution is 7.11. The van der Waals surface area contributed by atoms with Gasteiger partial charge in [0.1, 0.15) is 16.3 Å². The predicted octanol–water partition coefficient (Wildman–Crippen LogP) is 6.21. The first kappa shape index (κ1) is 28.1. The third-order valence-corrected chi connectivity index (χ3v) is 7.86. The number of carbonyl (C=O) groups excluding carboxylic acids is 1. The van der Waals surface area contributed by atoms with Crippen LogP contribution >= 0.6 is 23.1 Å². The number of piperazine rings is 1. The van der Waals surface area contributed by atoms with Crippen molar-refractivity contribution in [1.82, 2.24) is 14.2 Å². The highest BCUT2D eigenvalue weighted by Crippen LogP contribution is 2.44. The molecule has 0 spiro atoms. The maximum absolute atomic E-state index is 15.9. The van der Waals surface area contributed by atoms with Crippen molar-refractivity contribution >= 4 is 51.0 Å². The minimum atomic E-state index is -0.480. The van der Waals surface area contributed by atoms with Gasteiger partial charge in [0.25, 0.3) is 0 Å². The van der Waals surface area contributed by atoms with Crippen LogP contribution in [-0.2, 0) is 11.2 Å². The van der Waals surface area contributed by atoms with E-state index in [9.17, 15) is 9.90 Å². The number of allylic oxidation sites excluding steroid dienone is 1. The number of hydrogen-bond acceptors (Lipinski definition) is 6. The third-order valence-electron chi connectivity index (χ3n) is 6.64. The van der Waals surface area contributed by atoms with Gasteiger partial charge in [0.15, 0.2) is 5.82 Å². The van der Waals surface area contributed by atoms with Crippen LogP contribution in [-0.4, -0.2) is 72.0 Å². The molecule has 0 unspecified atom stereocenters. The molecule has 0 saturated carbocycles. The van der Waals surface area contributed by atoms with Crippen molar-refractivity contribution in [3.8, 4) is 16.9 Å². The number of aromatic nitrogens is 1. The van der Waals surface area contributed by atoms with Crippen LogP contribution < -0.4 is 4.90 Å². The first-order valence-electron chi connectivity index (χ1n) is 13.0. The Hall–Kier alpha value is -2.94. The molecule has 1 amide bonds. The first-order chi connectivity index (χ1) is 18.3. The Morgan fingerprint density at radius 2 is 1.95 bits per heavy atom. The topological polar surface area (TPSA) is 59.9 Å². The van der Waals surface area contributed by atoms with E-state index in [2.05, 4.69) is 15.3 Å². The SMILES string of the molecule is CC.CN(C)C/C=C/C(=O)N1CCN(c2snc3c(F)c(-c4cc(O)cc5c4C=CCC5)c(Cl)cc23)CC1. The number of phenols is 1. The molecule has 6 nitrogen and oxygen atoms in total. The van der Waals surface area contributed by atoms with Crippen molar-refractivity contribution in [3.05, 3.63) is 58.4 Å². The monoisotopic (exact) mass is 556 g/mol. The summed E-state index contributed by atoms with van der Waals surface area (Å²) in [6.45, 7) is 7.16. The quantitative estimate of drug-likeness (QED) is 0.378. The minimum absolute atomic E-state index is 0.00730. The van der Waals surface area contributed by atoms with Crippen LogP contribution in [0.1, 0.15) is 31.4 Å². The average Bonchev–Trinajstić information content (AvgIpc) is 3.33. The number of aromatic hydroxyl groups is 1. The summed E-state index contributed by atoms with van der Waals surface area (Å²) in [6.07, 6.45) is 9.19. The van der Waals surface area contributed by atoms with E-state index in [-0.39, 0.29) is 27.8 Å². The van der Waals surface area contributed by atoms with Crippen LogP contribution in [0.15, 0.2) is 36.4 Å². The number of benzene rings is 2. The molecule has 0 radical (unpaired) electrons. The number of fused-ring (bicyclic) bond motifs is 2.